The van der Waals surface area contributed by atoms with Crippen molar-refractivity contribution < 1.29 is 17.9 Å². The van der Waals surface area contributed by atoms with Gasteiger partial charge in [0.2, 0.25) is 10.0 Å². The topological polar surface area (TPSA) is 103 Å². The number of nitrogens with one attached hydrogen (secondary N) is 2. The fourth-order valence-electron chi connectivity index (χ4n) is 3.08. The Morgan fingerprint density at radius 2 is 1.86 bits per heavy atom. The van der Waals surface area contributed by atoms with Gasteiger partial charge in [-0.1, -0.05) is 0 Å². The van der Waals surface area contributed by atoms with E-state index in [0.29, 0.717) is 38.7 Å². The van der Waals surface area contributed by atoms with E-state index >= 15 is 0 Å². The Bertz CT molecular complexity index is 606. The third-order valence-electron chi connectivity index (χ3n) is 4.60. The van der Waals surface area contributed by atoms with Gasteiger partial charge in [-0.3, -0.25) is 4.99 Å². The van der Waals surface area contributed by atoms with Gasteiger partial charge in [0.15, 0.2) is 5.96 Å². The van der Waals surface area contributed by atoms with Crippen LogP contribution in [0.5, 0.6) is 0 Å². The molecule has 0 radical (unpaired) electrons. The van der Waals surface area contributed by atoms with Gasteiger partial charge < -0.3 is 20.3 Å². The molecular weight excluding hydrogens is 517 g/mol. The van der Waals surface area contributed by atoms with E-state index < -0.39 is 10.0 Å². The third-order valence-corrected chi connectivity index (χ3v) is 7.39. The predicted octanol–water partition coefficient (Wildman–Crippen LogP) is 0.769. The zero-order valence-corrected chi connectivity index (χ0v) is 20.5. The number of sulfonamides is 1. The van der Waals surface area contributed by atoms with Gasteiger partial charge >= 0.3 is 6.09 Å². The van der Waals surface area contributed by atoms with Gasteiger partial charge in [-0.05, 0) is 19.8 Å². The Morgan fingerprint density at radius 1 is 1.21 bits per heavy atom. The highest BCUT2D eigenvalue weighted by Crippen LogP contribution is 2.13. The molecule has 2 heterocycles. The summed E-state index contributed by atoms with van der Waals surface area (Å²) >= 11 is 1.79. The average Bonchev–Trinajstić information content (AvgIpc) is 2.68. The number of aliphatic imine (C=N–C) groups is 1. The van der Waals surface area contributed by atoms with Crippen molar-refractivity contribution in [1.29, 1.82) is 0 Å². The minimum Gasteiger partial charge on any atom is -0.453 e. The summed E-state index contributed by atoms with van der Waals surface area (Å²) < 4.78 is 31.1. The second-order valence-corrected chi connectivity index (χ2v) is 9.78. The van der Waals surface area contributed by atoms with Crippen molar-refractivity contribution in [3.05, 3.63) is 0 Å². The number of carbonyl (C=O) groups excluding carboxylic acids is 1. The SMILES string of the molecule is CCNC(=NCCS(=O)(=O)N1CCSCC1)NC1CCN(C(=O)OC)CC1.I. The standard InChI is InChI=1S/C16H31N5O4S2.HI/c1-3-17-15(19-14-4-7-20(8-5-14)16(22)25-2)18-6-13-27(23,24)21-9-11-26-12-10-21;/h14H,3-13H2,1-2H3,(H2,17,18,19);1H. The number of ether oxygens (including phenoxy) is 1. The zero-order valence-electron chi connectivity index (χ0n) is 16.6. The molecule has 0 aromatic heterocycles. The fraction of sp³-hybridized carbons (Fsp3) is 0.875. The monoisotopic (exact) mass is 549 g/mol. The number of hydrogen-bond donors (Lipinski definition) is 2. The Labute approximate surface area is 189 Å². The lowest BCUT2D eigenvalue weighted by Crippen LogP contribution is -2.50. The summed E-state index contributed by atoms with van der Waals surface area (Å²) in [4.78, 5) is 17.7. The molecule has 0 spiro atoms. The smallest absolute Gasteiger partial charge is 0.409 e. The lowest BCUT2D eigenvalue weighted by Gasteiger charge is -2.32. The number of guanidine groups is 1. The molecular formula is C16H32IN5O4S2. The number of rotatable bonds is 6. The zero-order chi connectivity index (χ0) is 19.7. The van der Waals surface area contributed by atoms with Crippen LogP contribution in [0.25, 0.3) is 0 Å². The predicted molar refractivity (Wildman–Crippen MR) is 124 cm³/mol. The molecule has 164 valence electrons. The molecule has 12 heteroatoms. The summed E-state index contributed by atoms with van der Waals surface area (Å²) in [6.07, 6.45) is 1.29. The Hall–Kier alpha value is -0.470. The molecule has 9 nitrogen and oxygen atoms in total. The number of carbonyl (C=O) groups is 1. The molecule has 2 aliphatic heterocycles. The van der Waals surface area contributed by atoms with Crippen molar-refractivity contribution in [3.63, 3.8) is 0 Å². The van der Waals surface area contributed by atoms with E-state index in [1.165, 1.54) is 7.11 Å². The largest absolute Gasteiger partial charge is 0.453 e. The first-order valence-corrected chi connectivity index (χ1v) is 12.2. The van der Waals surface area contributed by atoms with Gasteiger partial charge in [0.1, 0.15) is 0 Å². The first kappa shape index (κ1) is 25.6. The van der Waals surface area contributed by atoms with Crippen molar-refractivity contribution in [2.45, 2.75) is 25.8 Å². The molecule has 2 rings (SSSR count). The van der Waals surface area contributed by atoms with Gasteiger partial charge in [-0.25, -0.2) is 17.5 Å². The molecule has 0 bridgehead atoms. The van der Waals surface area contributed by atoms with Crippen LogP contribution in [-0.4, -0.2) is 99.4 Å². The number of methoxy groups -OCH3 is 1. The van der Waals surface area contributed by atoms with E-state index in [0.717, 1.165) is 24.3 Å². The van der Waals surface area contributed by atoms with Crippen LogP contribution in [-0.2, 0) is 14.8 Å². The number of likely N-dealkylation sites (tertiary alicyclic amines) is 1. The minimum atomic E-state index is -3.25. The van der Waals surface area contributed by atoms with E-state index in [2.05, 4.69) is 15.6 Å². The molecule has 1 amide bonds. The minimum absolute atomic E-state index is 0. The van der Waals surface area contributed by atoms with Crippen LogP contribution in [0.2, 0.25) is 0 Å². The van der Waals surface area contributed by atoms with Crippen molar-refractivity contribution in [1.82, 2.24) is 19.8 Å². The number of piperidine rings is 1. The van der Waals surface area contributed by atoms with Gasteiger partial charge in [0.25, 0.3) is 0 Å². The molecule has 2 N–H and O–H groups in total. The quantitative estimate of drug-likeness (QED) is 0.287. The highest BCUT2D eigenvalue weighted by Gasteiger charge is 2.25. The maximum Gasteiger partial charge on any atom is 0.409 e. The highest BCUT2D eigenvalue weighted by atomic mass is 127. The van der Waals surface area contributed by atoms with Crippen molar-refractivity contribution in [2.75, 3.05) is 63.6 Å². The van der Waals surface area contributed by atoms with Crippen molar-refractivity contribution in [3.8, 4) is 0 Å². The highest BCUT2D eigenvalue weighted by molar-refractivity contribution is 14.0. The first-order valence-electron chi connectivity index (χ1n) is 9.39. The molecule has 0 unspecified atom stereocenters. The normalized spacial score (nSPS) is 19.6. The summed E-state index contributed by atoms with van der Waals surface area (Å²) in [5, 5.41) is 6.51. The van der Waals surface area contributed by atoms with Gasteiger partial charge in [-0.2, -0.15) is 11.8 Å². The summed E-state index contributed by atoms with van der Waals surface area (Å²) in [6.45, 7) is 5.34. The lowest BCUT2D eigenvalue weighted by atomic mass is 10.1. The van der Waals surface area contributed by atoms with Gasteiger partial charge in [0.05, 0.1) is 19.4 Å². The number of nitrogens with zero attached hydrogens (tertiary/aromatic N) is 3. The lowest BCUT2D eigenvalue weighted by molar-refractivity contribution is 0.111. The summed E-state index contributed by atoms with van der Waals surface area (Å²) in [7, 11) is -1.86. The molecule has 28 heavy (non-hydrogen) atoms. The maximum atomic E-state index is 12.4. The number of halogens is 1. The molecule has 2 aliphatic rings. The average molecular weight is 550 g/mol. The second kappa shape index (κ2) is 13.0. The van der Waals surface area contributed by atoms with Crippen LogP contribution < -0.4 is 10.6 Å². The molecule has 0 aliphatic carbocycles. The number of thioether (sulfide) groups is 1. The van der Waals surface area contributed by atoms with E-state index in [1.807, 2.05) is 6.92 Å². The summed E-state index contributed by atoms with van der Waals surface area (Å²) in [5.41, 5.74) is 0. The summed E-state index contributed by atoms with van der Waals surface area (Å²) in [5.74, 6) is 2.36. The first-order chi connectivity index (χ1) is 13.0. The van der Waals surface area contributed by atoms with Crippen LogP contribution in [0, 0.1) is 0 Å². The third kappa shape index (κ3) is 8.11. The van der Waals surface area contributed by atoms with E-state index in [1.54, 1.807) is 21.0 Å². The summed E-state index contributed by atoms with van der Waals surface area (Å²) in [6, 6.07) is 0.194. The Balaban J connectivity index is 0.00000392. The molecule has 0 aromatic carbocycles. The molecule has 0 aromatic rings. The number of amides is 1. The fourth-order valence-corrected chi connectivity index (χ4v) is 5.53. The van der Waals surface area contributed by atoms with Gasteiger partial charge in [0, 0.05) is 50.3 Å². The molecule has 2 fully saturated rings. The molecule has 0 atom stereocenters. The van der Waals surface area contributed by atoms with Crippen LogP contribution in [0.1, 0.15) is 19.8 Å². The molecule has 2 saturated heterocycles. The Morgan fingerprint density at radius 3 is 2.43 bits per heavy atom. The van der Waals surface area contributed by atoms with Gasteiger partial charge in [-0.15, -0.1) is 24.0 Å². The van der Waals surface area contributed by atoms with Crippen LogP contribution in [0.3, 0.4) is 0 Å². The van der Waals surface area contributed by atoms with Crippen molar-refractivity contribution >= 4 is 57.8 Å². The maximum absolute atomic E-state index is 12.4. The van der Waals surface area contributed by atoms with E-state index in [-0.39, 0.29) is 48.4 Å². The van der Waals surface area contributed by atoms with Crippen LogP contribution >= 0.6 is 35.7 Å². The number of hydrogen-bond acceptors (Lipinski definition) is 6. The van der Waals surface area contributed by atoms with Crippen LogP contribution in [0.4, 0.5) is 4.79 Å². The Kier molecular flexibility index (Phi) is 11.8. The van der Waals surface area contributed by atoms with E-state index in [4.69, 9.17) is 4.74 Å². The van der Waals surface area contributed by atoms with Crippen molar-refractivity contribution in [2.24, 2.45) is 4.99 Å². The molecule has 0 saturated carbocycles. The second-order valence-electron chi connectivity index (χ2n) is 6.46. The van der Waals surface area contributed by atoms with Crippen LogP contribution in [0.15, 0.2) is 4.99 Å². The van der Waals surface area contributed by atoms with E-state index in [9.17, 15) is 13.2 Å².